The average molecular weight is 270 g/mol. The maximum absolute atomic E-state index is 11.7. The van der Waals surface area contributed by atoms with Crippen molar-refractivity contribution in [3.8, 4) is 0 Å². The van der Waals surface area contributed by atoms with E-state index in [0.717, 1.165) is 19.3 Å². The van der Waals surface area contributed by atoms with Crippen LogP contribution in [0.5, 0.6) is 0 Å². The van der Waals surface area contributed by atoms with E-state index in [1.165, 1.54) is 0 Å². The van der Waals surface area contributed by atoms with Gasteiger partial charge in [-0.3, -0.25) is 9.79 Å². The fraction of sp³-hybridized carbons (Fsp3) is 0.846. The third-order valence-corrected chi connectivity index (χ3v) is 3.30. The molecule has 1 heterocycles. The first-order valence-corrected chi connectivity index (χ1v) is 6.87. The Balaban J connectivity index is 2.36. The number of likely N-dealkylation sites (N-methyl/N-ethyl adjacent to an activating group) is 1. The van der Waals surface area contributed by atoms with Crippen LogP contribution in [-0.2, 0) is 9.53 Å². The molecule has 3 unspecified atom stereocenters. The minimum atomic E-state index is -0.320. The van der Waals surface area contributed by atoms with E-state index in [0.29, 0.717) is 18.5 Å². The fourth-order valence-electron chi connectivity index (χ4n) is 1.91. The summed E-state index contributed by atoms with van der Waals surface area (Å²) in [5.74, 6) is 0.470. The van der Waals surface area contributed by atoms with E-state index < -0.39 is 0 Å². The standard InChI is InChI=1S/C13H26N4O2/c1-5-9(2)16-13(14)15-8-10-6-7-11(19-10)12(18)17(3)4/h9-11H,5-8H2,1-4H3,(H3,14,15,16). The zero-order valence-corrected chi connectivity index (χ0v) is 12.3. The lowest BCUT2D eigenvalue weighted by atomic mass is 10.2. The van der Waals surface area contributed by atoms with E-state index in [1.54, 1.807) is 19.0 Å². The largest absolute Gasteiger partial charge is 0.370 e. The van der Waals surface area contributed by atoms with Crippen molar-refractivity contribution >= 4 is 11.9 Å². The number of hydrogen-bond acceptors (Lipinski definition) is 3. The first-order chi connectivity index (χ1) is 8.93. The zero-order valence-electron chi connectivity index (χ0n) is 12.3. The van der Waals surface area contributed by atoms with Crippen molar-refractivity contribution in [2.75, 3.05) is 20.6 Å². The summed E-state index contributed by atoms with van der Waals surface area (Å²) < 4.78 is 5.68. The molecule has 0 bridgehead atoms. The topological polar surface area (TPSA) is 79.9 Å². The molecule has 1 aliphatic heterocycles. The molecular weight excluding hydrogens is 244 g/mol. The lowest BCUT2D eigenvalue weighted by molar-refractivity contribution is -0.140. The van der Waals surface area contributed by atoms with Gasteiger partial charge in [0.15, 0.2) is 5.96 Å². The van der Waals surface area contributed by atoms with E-state index in [9.17, 15) is 4.79 Å². The number of carbonyl (C=O) groups is 1. The van der Waals surface area contributed by atoms with Gasteiger partial charge in [0, 0.05) is 20.1 Å². The Morgan fingerprint density at radius 2 is 2.21 bits per heavy atom. The minimum Gasteiger partial charge on any atom is -0.370 e. The van der Waals surface area contributed by atoms with Crippen LogP contribution in [0.4, 0.5) is 0 Å². The molecule has 0 saturated carbocycles. The SMILES string of the molecule is CCC(C)NC(N)=NCC1CCC(C(=O)N(C)C)O1. The molecule has 0 aromatic carbocycles. The number of rotatable bonds is 5. The quantitative estimate of drug-likeness (QED) is 0.557. The van der Waals surface area contributed by atoms with Gasteiger partial charge < -0.3 is 20.7 Å². The molecular formula is C13H26N4O2. The summed E-state index contributed by atoms with van der Waals surface area (Å²) in [5, 5.41) is 3.10. The van der Waals surface area contributed by atoms with Crippen LogP contribution in [0.15, 0.2) is 4.99 Å². The maximum Gasteiger partial charge on any atom is 0.251 e. The number of carbonyl (C=O) groups excluding carboxylic acids is 1. The molecule has 0 radical (unpaired) electrons. The Kier molecular flexibility index (Phi) is 6.08. The average Bonchev–Trinajstić information content (AvgIpc) is 2.83. The number of amides is 1. The number of nitrogens with one attached hydrogen (secondary N) is 1. The van der Waals surface area contributed by atoms with Crippen LogP contribution < -0.4 is 11.1 Å². The van der Waals surface area contributed by atoms with Gasteiger partial charge in [0.25, 0.3) is 5.91 Å². The maximum atomic E-state index is 11.7. The van der Waals surface area contributed by atoms with Crippen LogP contribution >= 0.6 is 0 Å². The van der Waals surface area contributed by atoms with Crippen LogP contribution in [0.1, 0.15) is 33.1 Å². The van der Waals surface area contributed by atoms with Gasteiger partial charge in [0.2, 0.25) is 0 Å². The van der Waals surface area contributed by atoms with Crippen LogP contribution in [0.2, 0.25) is 0 Å². The third kappa shape index (κ3) is 5.06. The summed E-state index contributed by atoms with van der Waals surface area (Å²) in [4.78, 5) is 17.6. The highest BCUT2D eigenvalue weighted by molar-refractivity contribution is 5.80. The van der Waals surface area contributed by atoms with Crippen molar-refractivity contribution in [1.29, 1.82) is 0 Å². The molecule has 110 valence electrons. The summed E-state index contributed by atoms with van der Waals surface area (Å²) >= 11 is 0. The van der Waals surface area contributed by atoms with Crippen molar-refractivity contribution < 1.29 is 9.53 Å². The van der Waals surface area contributed by atoms with E-state index in [-0.39, 0.29) is 18.1 Å². The molecule has 0 spiro atoms. The molecule has 1 rings (SSSR count). The van der Waals surface area contributed by atoms with Crippen LogP contribution in [0.3, 0.4) is 0 Å². The van der Waals surface area contributed by atoms with Crippen LogP contribution in [-0.4, -0.2) is 55.7 Å². The molecule has 1 aliphatic rings. The van der Waals surface area contributed by atoms with E-state index in [1.807, 2.05) is 0 Å². The second-order valence-electron chi connectivity index (χ2n) is 5.24. The Morgan fingerprint density at radius 3 is 2.79 bits per heavy atom. The minimum absolute atomic E-state index is 0.00816. The monoisotopic (exact) mass is 270 g/mol. The number of hydrogen-bond donors (Lipinski definition) is 2. The van der Waals surface area contributed by atoms with Gasteiger partial charge >= 0.3 is 0 Å². The molecule has 1 fully saturated rings. The van der Waals surface area contributed by atoms with Crippen molar-refractivity contribution in [3.63, 3.8) is 0 Å². The Morgan fingerprint density at radius 1 is 1.53 bits per heavy atom. The van der Waals surface area contributed by atoms with E-state index in [4.69, 9.17) is 10.5 Å². The summed E-state index contributed by atoms with van der Waals surface area (Å²) in [6.45, 7) is 4.65. The molecule has 6 heteroatoms. The highest BCUT2D eigenvalue weighted by atomic mass is 16.5. The van der Waals surface area contributed by atoms with Gasteiger partial charge in [-0.15, -0.1) is 0 Å². The van der Waals surface area contributed by atoms with Gasteiger partial charge in [0.1, 0.15) is 6.10 Å². The fourth-order valence-corrected chi connectivity index (χ4v) is 1.91. The molecule has 1 saturated heterocycles. The predicted molar refractivity (Wildman–Crippen MR) is 76.0 cm³/mol. The molecule has 0 aromatic heterocycles. The lowest BCUT2D eigenvalue weighted by Gasteiger charge is -2.17. The van der Waals surface area contributed by atoms with Gasteiger partial charge in [-0.1, -0.05) is 6.92 Å². The number of ether oxygens (including phenoxy) is 1. The van der Waals surface area contributed by atoms with Crippen LogP contribution in [0.25, 0.3) is 0 Å². The van der Waals surface area contributed by atoms with Gasteiger partial charge in [-0.25, -0.2) is 0 Å². The summed E-state index contributed by atoms with van der Waals surface area (Å²) in [7, 11) is 3.48. The van der Waals surface area contributed by atoms with Crippen molar-refractivity contribution in [3.05, 3.63) is 0 Å². The molecule has 0 aliphatic carbocycles. The smallest absolute Gasteiger partial charge is 0.251 e. The zero-order chi connectivity index (χ0) is 14.4. The molecule has 6 nitrogen and oxygen atoms in total. The van der Waals surface area contributed by atoms with Crippen molar-refractivity contribution in [1.82, 2.24) is 10.2 Å². The third-order valence-electron chi connectivity index (χ3n) is 3.30. The highest BCUT2D eigenvalue weighted by Gasteiger charge is 2.31. The normalized spacial score (nSPS) is 25.2. The van der Waals surface area contributed by atoms with Crippen molar-refractivity contribution in [2.45, 2.75) is 51.4 Å². The van der Waals surface area contributed by atoms with Gasteiger partial charge in [0.05, 0.1) is 12.6 Å². The first kappa shape index (κ1) is 15.8. The molecule has 3 N–H and O–H groups in total. The Labute approximate surface area is 115 Å². The second kappa shape index (κ2) is 7.33. The van der Waals surface area contributed by atoms with Gasteiger partial charge in [-0.2, -0.15) is 0 Å². The number of guanidine groups is 1. The van der Waals surface area contributed by atoms with Crippen molar-refractivity contribution in [2.24, 2.45) is 10.7 Å². The number of nitrogens with zero attached hydrogens (tertiary/aromatic N) is 2. The first-order valence-electron chi connectivity index (χ1n) is 6.87. The Hall–Kier alpha value is -1.30. The van der Waals surface area contributed by atoms with E-state index >= 15 is 0 Å². The predicted octanol–water partition coefficient (Wildman–Crippen LogP) is 0.325. The molecule has 3 atom stereocenters. The number of nitrogens with two attached hydrogens (primary N) is 1. The molecule has 1 amide bonds. The van der Waals surface area contributed by atoms with E-state index in [2.05, 4.69) is 24.2 Å². The Bertz CT molecular complexity index is 331. The lowest BCUT2D eigenvalue weighted by Crippen LogP contribution is -2.38. The summed E-state index contributed by atoms with van der Waals surface area (Å²) in [5.41, 5.74) is 5.78. The van der Waals surface area contributed by atoms with Crippen LogP contribution in [0, 0.1) is 0 Å². The second-order valence-corrected chi connectivity index (χ2v) is 5.24. The highest BCUT2D eigenvalue weighted by Crippen LogP contribution is 2.21. The van der Waals surface area contributed by atoms with Gasteiger partial charge in [-0.05, 0) is 26.2 Å². The summed E-state index contributed by atoms with van der Waals surface area (Å²) in [6, 6.07) is 0.316. The molecule has 0 aromatic rings. The number of aliphatic imine (C=N–C) groups is 1. The summed E-state index contributed by atoms with van der Waals surface area (Å²) in [6.07, 6.45) is 2.28. The molecule has 19 heavy (non-hydrogen) atoms.